The van der Waals surface area contributed by atoms with Gasteiger partial charge in [0.2, 0.25) is 0 Å². The van der Waals surface area contributed by atoms with Gasteiger partial charge >= 0.3 is 0 Å². The van der Waals surface area contributed by atoms with Crippen LogP contribution < -0.4 is 9.75 Å². The van der Waals surface area contributed by atoms with Crippen molar-refractivity contribution >= 4 is 34.6 Å². The fourth-order valence-corrected chi connectivity index (χ4v) is 5.13. The minimum Gasteiger partial charge on any atom is -0.495 e. The molecular weight excluding hydrogens is 444 g/mol. The molecule has 3 aromatic heterocycles. The van der Waals surface area contributed by atoms with Gasteiger partial charge in [0.15, 0.2) is 0 Å². The molecule has 0 bridgehead atoms. The summed E-state index contributed by atoms with van der Waals surface area (Å²) in [6, 6.07) is 11.5. The molecule has 0 saturated carbocycles. The standard InChI is InChI=1S/C23H21ClN6OS/c1-13-14(2)32-22-20(13)21(16-7-9-17(24)10-8-16)28-29(23-27-26-15(3)30(22)23)12-18-19(31-4)6-5-11-25-18/h5-11H,12H2,1-4H3. The zero-order valence-corrected chi connectivity index (χ0v) is 19.7. The van der Waals surface area contributed by atoms with Gasteiger partial charge in [-0.3, -0.25) is 9.55 Å². The first-order valence-corrected chi connectivity index (χ1v) is 11.3. The molecule has 32 heavy (non-hydrogen) atoms. The molecule has 5 rings (SSSR count). The van der Waals surface area contributed by atoms with Crippen LogP contribution in [0, 0.1) is 20.8 Å². The fraction of sp³-hybridized carbons (Fsp3) is 0.217. The number of rotatable bonds is 4. The van der Waals surface area contributed by atoms with E-state index in [1.54, 1.807) is 24.6 Å². The number of ether oxygens (including phenoxy) is 1. The fourth-order valence-electron chi connectivity index (χ4n) is 3.80. The van der Waals surface area contributed by atoms with Gasteiger partial charge in [0.1, 0.15) is 28.0 Å². The number of fused-ring (bicyclic) bond motifs is 3. The zero-order chi connectivity index (χ0) is 22.4. The van der Waals surface area contributed by atoms with Gasteiger partial charge in [-0.25, -0.2) is 5.01 Å². The molecule has 1 aliphatic rings. The number of thiophene rings is 1. The van der Waals surface area contributed by atoms with Crippen LogP contribution in [0.5, 0.6) is 5.75 Å². The van der Waals surface area contributed by atoms with Gasteiger partial charge in [0.05, 0.1) is 13.7 Å². The SMILES string of the molecule is COc1cccnc1CN1N=C(c2ccc(Cl)cc2)c2c(sc(C)c2C)-n2c(C)nnc21. The quantitative estimate of drug-likeness (QED) is 0.421. The summed E-state index contributed by atoms with van der Waals surface area (Å²) in [6.07, 6.45) is 1.75. The predicted octanol–water partition coefficient (Wildman–Crippen LogP) is 5.08. The van der Waals surface area contributed by atoms with E-state index in [0.29, 0.717) is 23.3 Å². The van der Waals surface area contributed by atoms with Crippen molar-refractivity contribution in [3.8, 4) is 10.8 Å². The maximum atomic E-state index is 6.17. The Morgan fingerprint density at radius 2 is 1.84 bits per heavy atom. The monoisotopic (exact) mass is 464 g/mol. The van der Waals surface area contributed by atoms with Crippen molar-refractivity contribution in [1.29, 1.82) is 0 Å². The van der Waals surface area contributed by atoms with Crippen LogP contribution in [0.25, 0.3) is 5.00 Å². The zero-order valence-electron chi connectivity index (χ0n) is 18.1. The minimum atomic E-state index is 0.381. The lowest BCUT2D eigenvalue weighted by molar-refractivity contribution is 0.406. The molecule has 1 aromatic carbocycles. The Hall–Kier alpha value is -3.23. The van der Waals surface area contributed by atoms with Gasteiger partial charge in [0.25, 0.3) is 5.95 Å². The molecule has 0 atom stereocenters. The van der Waals surface area contributed by atoms with E-state index in [1.807, 2.05) is 48.3 Å². The van der Waals surface area contributed by atoms with Crippen LogP contribution >= 0.6 is 22.9 Å². The van der Waals surface area contributed by atoms with Crippen molar-refractivity contribution in [2.24, 2.45) is 5.10 Å². The van der Waals surface area contributed by atoms with Crippen molar-refractivity contribution in [2.45, 2.75) is 27.3 Å². The molecule has 0 saturated heterocycles. The maximum Gasteiger partial charge on any atom is 0.253 e. The first-order valence-electron chi connectivity index (χ1n) is 10.1. The summed E-state index contributed by atoms with van der Waals surface area (Å²) in [4.78, 5) is 5.76. The van der Waals surface area contributed by atoms with E-state index in [9.17, 15) is 0 Å². The van der Waals surface area contributed by atoms with Crippen molar-refractivity contribution in [1.82, 2.24) is 19.7 Å². The molecule has 0 aliphatic carbocycles. The Labute approximate surface area is 195 Å². The highest BCUT2D eigenvalue weighted by molar-refractivity contribution is 7.15. The Morgan fingerprint density at radius 1 is 1.06 bits per heavy atom. The smallest absolute Gasteiger partial charge is 0.253 e. The molecule has 0 N–H and O–H groups in total. The normalized spacial score (nSPS) is 12.8. The number of halogens is 1. The van der Waals surface area contributed by atoms with Gasteiger partial charge in [-0.05, 0) is 50.6 Å². The number of aromatic nitrogens is 4. The molecule has 0 unspecified atom stereocenters. The number of aryl methyl sites for hydroxylation is 2. The highest BCUT2D eigenvalue weighted by atomic mass is 35.5. The summed E-state index contributed by atoms with van der Waals surface area (Å²) in [6.45, 7) is 6.60. The van der Waals surface area contributed by atoms with Crippen molar-refractivity contribution in [3.63, 3.8) is 0 Å². The molecule has 7 nitrogen and oxygen atoms in total. The molecule has 1 aliphatic heterocycles. The second kappa shape index (κ2) is 8.03. The first kappa shape index (κ1) is 20.7. The molecule has 9 heteroatoms. The summed E-state index contributed by atoms with van der Waals surface area (Å²) >= 11 is 7.89. The topological polar surface area (TPSA) is 68.4 Å². The molecular formula is C23H21ClN6OS. The van der Waals surface area contributed by atoms with Gasteiger partial charge in [0, 0.05) is 27.2 Å². The molecule has 162 valence electrons. The van der Waals surface area contributed by atoms with Crippen LogP contribution in [-0.4, -0.2) is 32.6 Å². The Kier molecular flexibility index (Phi) is 5.19. The number of benzene rings is 1. The van der Waals surface area contributed by atoms with Crippen molar-refractivity contribution in [3.05, 3.63) is 80.7 Å². The highest BCUT2D eigenvalue weighted by Crippen LogP contribution is 2.38. The van der Waals surface area contributed by atoms with E-state index in [1.165, 1.54) is 10.4 Å². The number of hydrogen-bond donors (Lipinski definition) is 0. The summed E-state index contributed by atoms with van der Waals surface area (Å²) in [5, 5.41) is 17.5. The van der Waals surface area contributed by atoms with Gasteiger partial charge < -0.3 is 4.74 Å². The Bertz CT molecular complexity index is 1340. The summed E-state index contributed by atoms with van der Waals surface area (Å²) in [5.74, 6) is 2.14. The van der Waals surface area contributed by atoms with Crippen LogP contribution in [0.4, 0.5) is 5.95 Å². The molecule has 0 radical (unpaired) electrons. The summed E-state index contributed by atoms with van der Waals surface area (Å²) < 4.78 is 7.60. The number of pyridine rings is 1. The van der Waals surface area contributed by atoms with E-state index < -0.39 is 0 Å². The van der Waals surface area contributed by atoms with Gasteiger partial charge in [-0.15, -0.1) is 21.5 Å². The van der Waals surface area contributed by atoms with E-state index in [2.05, 4.69) is 33.6 Å². The third kappa shape index (κ3) is 3.36. The second-order valence-electron chi connectivity index (χ2n) is 7.51. The Balaban J connectivity index is 1.76. The largest absolute Gasteiger partial charge is 0.495 e. The first-order chi connectivity index (χ1) is 15.5. The van der Waals surface area contributed by atoms with E-state index >= 15 is 0 Å². The third-order valence-electron chi connectivity index (χ3n) is 5.55. The van der Waals surface area contributed by atoms with Gasteiger partial charge in [-0.1, -0.05) is 23.7 Å². The average molecular weight is 465 g/mol. The lowest BCUT2D eigenvalue weighted by Gasteiger charge is -2.18. The minimum absolute atomic E-state index is 0.381. The summed E-state index contributed by atoms with van der Waals surface area (Å²) in [7, 11) is 1.64. The van der Waals surface area contributed by atoms with Crippen LogP contribution in [0.3, 0.4) is 0 Å². The average Bonchev–Trinajstić information content (AvgIpc) is 3.27. The lowest BCUT2D eigenvalue weighted by Crippen LogP contribution is -2.21. The molecule has 0 amide bonds. The van der Waals surface area contributed by atoms with Crippen LogP contribution in [0.1, 0.15) is 33.1 Å². The number of anilines is 1. The molecule has 0 fully saturated rings. The van der Waals surface area contributed by atoms with Crippen LogP contribution in [0.2, 0.25) is 5.02 Å². The lowest BCUT2D eigenvalue weighted by atomic mass is 10.00. The second-order valence-corrected chi connectivity index (χ2v) is 9.15. The molecule has 4 aromatic rings. The maximum absolute atomic E-state index is 6.17. The van der Waals surface area contributed by atoms with Crippen LogP contribution in [-0.2, 0) is 6.54 Å². The highest BCUT2D eigenvalue weighted by Gasteiger charge is 2.30. The predicted molar refractivity (Wildman–Crippen MR) is 128 cm³/mol. The van der Waals surface area contributed by atoms with E-state index in [0.717, 1.165) is 33.4 Å². The van der Waals surface area contributed by atoms with Crippen molar-refractivity contribution < 1.29 is 4.74 Å². The third-order valence-corrected chi connectivity index (χ3v) is 7.00. The van der Waals surface area contributed by atoms with Crippen molar-refractivity contribution in [2.75, 3.05) is 12.1 Å². The van der Waals surface area contributed by atoms with E-state index in [-0.39, 0.29) is 0 Å². The van der Waals surface area contributed by atoms with Crippen LogP contribution in [0.15, 0.2) is 47.7 Å². The summed E-state index contributed by atoms with van der Waals surface area (Å²) in [5.41, 5.74) is 4.87. The Morgan fingerprint density at radius 3 is 2.59 bits per heavy atom. The van der Waals surface area contributed by atoms with E-state index in [4.69, 9.17) is 21.4 Å². The number of nitrogens with zero attached hydrogens (tertiary/aromatic N) is 6. The molecule has 4 heterocycles. The molecule has 0 spiro atoms. The number of methoxy groups -OCH3 is 1. The number of hydrazone groups is 1. The van der Waals surface area contributed by atoms with Gasteiger partial charge in [-0.2, -0.15) is 5.10 Å². The number of hydrogen-bond acceptors (Lipinski definition) is 7.